The van der Waals surface area contributed by atoms with Crippen molar-refractivity contribution in [2.45, 2.75) is 19.9 Å². The fourth-order valence-electron chi connectivity index (χ4n) is 3.05. The lowest BCUT2D eigenvalue weighted by atomic mass is 9.98. The molecule has 0 atom stereocenters. The van der Waals surface area contributed by atoms with Crippen LogP contribution in [0, 0.1) is 6.92 Å². The minimum absolute atomic E-state index is 0.0704. The van der Waals surface area contributed by atoms with E-state index >= 15 is 0 Å². The third-order valence-corrected chi connectivity index (χ3v) is 4.60. The van der Waals surface area contributed by atoms with E-state index in [1.807, 2.05) is 47.7 Å². The number of ether oxygens (including phenoxy) is 2. The molecule has 2 heterocycles. The molecule has 0 spiro atoms. The fraction of sp³-hybridized carbons (Fsp3) is 0.389. The summed E-state index contributed by atoms with van der Waals surface area (Å²) in [6, 6.07) is 7.85. The summed E-state index contributed by atoms with van der Waals surface area (Å²) in [4.78, 5) is 14.7. The summed E-state index contributed by atoms with van der Waals surface area (Å²) >= 11 is 0. The molecular formula is C18H22N2O3. The zero-order chi connectivity index (χ0) is 16.6. The summed E-state index contributed by atoms with van der Waals surface area (Å²) in [6.45, 7) is 3.31. The Balaban J connectivity index is 1.88. The number of carbonyl (C=O) groups excluding carboxylic acids is 1. The van der Waals surface area contributed by atoms with E-state index in [9.17, 15) is 4.79 Å². The van der Waals surface area contributed by atoms with Gasteiger partial charge in [-0.25, -0.2) is 0 Å². The van der Waals surface area contributed by atoms with Crippen LogP contribution in [0.25, 0.3) is 0 Å². The number of nitrogens with zero attached hydrogens (tertiary/aromatic N) is 2. The Kier molecular flexibility index (Phi) is 4.03. The van der Waals surface area contributed by atoms with Gasteiger partial charge in [0.05, 0.1) is 14.2 Å². The van der Waals surface area contributed by atoms with E-state index in [4.69, 9.17) is 9.47 Å². The second kappa shape index (κ2) is 5.99. The Morgan fingerprint density at radius 1 is 1.09 bits per heavy atom. The van der Waals surface area contributed by atoms with Crippen molar-refractivity contribution in [2.24, 2.45) is 7.05 Å². The van der Waals surface area contributed by atoms with Gasteiger partial charge >= 0.3 is 0 Å². The quantitative estimate of drug-likeness (QED) is 0.874. The highest BCUT2D eigenvalue weighted by molar-refractivity contribution is 5.93. The van der Waals surface area contributed by atoms with Gasteiger partial charge in [-0.05, 0) is 48.7 Å². The number of aryl methyl sites for hydroxylation is 1. The maximum absolute atomic E-state index is 12.8. The summed E-state index contributed by atoms with van der Waals surface area (Å²) in [5, 5.41) is 0. The average molecular weight is 314 g/mol. The smallest absolute Gasteiger partial charge is 0.270 e. The molecule has 0 N–H and O–H groups in total. The normalized spacial score (nSPS) is 13.7. The van der Waals surface area contributed by atoms with Crippen molar-refractivity contribution < 1.29 is 14.3 Å². The Morgan fingerprint density at radius 2 is 1.74 bits per heavy atom. The summed E-state index contributed by atoms with van der Waals surface area (Å²) in [5.74, 6) is 1.51. The summed E-state index contributed by atoms with van der Waals surface area (Å²) < 4.78 is 12.7. The fourth-order valence-corrected chi connectivity index (χ4v) is 3.05. The second-order valence-corrected chi connectivity index (χ2v) is 5.87. The number of hydrogen-bond acceptors (Lipinski definition) is 3. The summed E-state index contributed by atoms with van der Waals surface area (Å²) in [6.07, 6.45) is 0.824. The highest BCUT2D eigenvalue weighted by Crippen LogP contribution is 2.33. The SMILES string of the molecule is COc1cc2c(cc1OC)CN(C(=O)c1ccc(C)n1C)CC2. The van der Waals surface area contributed by atoms with Crippen LogP contribution in [0.5, 0.6) is 11.5 Å². The van der Waals surface area contributed by atoms with E-state index in [2.05, 4.69) is 0 Å². The van der Waals surface area contributed by atoms with Crippen LogP contribution in [-0.4, -0.2) is 36.1 Å². The first-order valence-electron chi connectivity index (χ1n) is 7.70. The van der Waals surface area contributed by atoms with Crippen LogP contribution in [0.1, 0.15) is 27.3 Å². The first-order valence-corrected chi connectivity index (χ1v) is 7.70. The van der Waals surface area contributed by atoms with Gasteiger partial charge in [0.25, 0.3) is 5.91 Å². The molecule has 0 bridgehead atoms. The van der Waals surface area contributed by atoms with Gasteiger partial charge in [0.15, 0.2) is 11.5 Å². The van der Waals surface area contributed by atoms with Crippen LogP contribution in [0.15, 0.2) is 24.3 Å². The van der Waals surface area contributed by atoms with Crippen molar-refractivity contribution >= 4 is 5.91 Å². The molecule has 0 aliphatic carbocycles. The van der Waals surface area contributed by atoms with Gasteiger partial charge in [-0.2, -0.15) is 0 Å². The predicted octanol–water partition coefficient (Wildman–Crippen LogP) is 2.55. The van der Waals surface area contributed by atoms with Crippen molar-refractivity contribution in [3.05, 3.63) is 46.8 Å². The van der Waals surface area contributed by atoms with Crippen molar-refractivity contribution in [3.63, 3.8) is 0 Å². The van der Waals surface area contributed by atoms with Gasteiger partial charge in [0.1, 0.15) is 5.69 Å². The largest absolute Gasteiger partial charge is 0.493 e. The Bertz CT molecular complexity index is 749. The Hall–Kier alpha value is -2.43. The standard InChI is InChI=1S/C18H22N2O3/c1-12-5-6-15(19(12)2)18(21)20-8-7-13-9-16(22-3)17(23-4)10-14(13)11-20/h5-6,9-10H,7-8,11H2,1-4H3. The van der Waals surface area contributed by atoms with Gasteiger partial charge in [-0.1, -0.05) is 0 Å². The van der Waals surface area contributed by atoms with Crippen molar-refractivity contribution in [1.82, 2.24) is 9.47 Å². The number of benzene rings is 1. The molecule has 1 aromatic carbocycles. The molecule has 0 radical (unpaired) electrons. The van der Waals surface area contributed by atoms with Gasteiger partial charge in [-0.3, -0.25) is 4.79 Å². The molecule has 3 rings (SSSR count). The zero-order valence-corrected chi connectivity index (χ0v) is 14.0. The molecule has 2 aromatic rings. The Labute approximate surface area is 136 Å². The number of carbonyl (C=O) groups is 1. The molecular weight excluding hydrogens is 292 g/mol. The molecule has 23 heavy (non-hydrogen) atoms. The van der Waals surface area contributed by atoms with Crippen LogP contribution in [0.2, 0.25) is 0 Å². The van der Waals surface area contributed by atoms with E-state index in [-0.39, 0.29) is 5.91 Å². The number of aromatic nitrogens is 1. The van der Waals surface area contributed by atoms with E-state index in [1.165, 1.54) is 5.56 Å². The summed E-state index contributed by atoms with van der Waals surface area (Å²) in [7, 11) is 5.19. The highest BCUT2D eigenvalue weighted by Gasteiger charge is 2.25. The van der Waals surface area contributed by atoms with Crippen LogP contribution < -0.4 is 9.47 Å². The second-order valence-electron chi connectivity index (χ2n) is 5.87. The molecule has 0 saturated heterocycles. The molecule has 0 unspecified atom stereocenters. The minimum atomic E-state index is 0.0704. The van der Waals surface area contributed by atoms with E-state index in [0.717, 1.165) is 29.1 Å². The molecule has 1 aliphatic heterocycles. The maximum atomic E-state index is 12.8. The molecule has 1 aromatic heterocycles. The van der Waals surface area contributed by atoms with Crippen LogP contribution in [-0.2, 0) is 20.0 Å². The predicted molar refractivity (Wildman–Crippen MR) is 88.1 cm³/mol. The van der Waals surface area contributed by atoms with E-state index in [0.29, 0.717) is 18.8 Å². The van der Waals surface area contributed by atoms with Gasteiger partial charge in [0.2, 0.25) is 0 Å². The van der Waals surface area contributed by atoms with Gasteiger partial charge in [0, 0.05) is 25.8 Å². The third kappa shape index (κ3) is 2.67. The van der Waals surface area contributed by atoms with Crippen molar-refractivity contribution in [2.75, 3.05) is 20.8 Å². The maximum Gasteiger partial charge on any atom is 0.270 e. The minimum Gasteiger partial charge on any atom is -0.493 e. The first-order chi connectivity index (χ1) is 11.0. The highest BCUT2D eigenvalue weighted by atomic mass is 16.5. The zero-order valence-electron chi connectivity index (χ0n) is 14.0. The van der Waals surface area contributed by atoms with E-state index in [1.54, 1.807) is 14.2 Å². The lowest BCUT2D eigenvalue weighted by molar-refractivity contribution is 0.0724. The molecule has 5 heteroatoms. The molecule has 5 nitrogen and oxygen atoms in total. The number of fused-ring (bicyclic) bond motifs is 1. The lowest BCUT2D eigenvalue weighted by Crippen LogP contribution is -2.36. The number of hydrogen-bond donors (Lipinski definition) is 0. The van der Waals surface area contributed by atoms with Crippen LogP contribution in [0.3, 0.4) is 0 Å². The number of methoxy groups -OCH3 is 2. The van der Waals surface area contributed by atoms with Gasteiger partial charge < -0.3 is 18.9 Å². The molecule has 0 fully saturated rings. The average Bonchev–Trinajstić information content (AvgIpc) is 2.91. The molecule has 122 valence electrons. The molecule has 0 saturated carbocycles. The number of amides is 1. The van der Waals surface area contributed by atoms with Crippen LogP contribution in [0.4, 0.5) is 0 Å². The lowest BCUT2D eigenvalue weighted by Gasteiger charge is -2.29. The third-order valence-electron chi connectivity index (χ3n) is 4.60. The summed E-state index contributed by atoms with van der Waals surface area (Å²) in [5.41, 5.74) is 4.14. The Morgan fingerprint density at radius 3 is 2.30 bits per heavy atom. The van der Waals surface area contributed by atoms with E-state index < -0.39 is 0 Å². The topological polar surface area (TPSA) is 43.7 Å². The number of rotatable bonds is 3. The van der Waals surface area contributed by atoms with Crippen molar-refractivity contribution in [1.29, 1.82) is 0 Å². The monoisotopic (exact) mass is 314 g/mol. The van der Waals surface area contributed by atoms with Crippen LogP contribution >= 0.6 is 0 Å². The van der Waals surface area contributed by atoms with Gasteiger partial charge in [-0.15, -0.1) is 0 Å². The van der Waals surface area contributed by atoms with Crippen molar-refractivity contribution in [3.8, 4) is 11.5 Å². The first kappa shape index (κ1) is 15.5. The molecule has 1 aliphatic rings. The molecule has 1 amide bonds.